The molecule has 18 heavy (non-hydrogen) atoms. The Bertz CT molecular complexity index is 458. The number of nitrogens with one attached hydrogen (secondary N) is 1. The van der Waals surface area contributed by atoms with Gasteiger partial charge >= 0.3 is 0 Å². The molecule has 1 aromatic rings. The predicted octanol–water partition coefficient (Wildman–Crippen LogP) is 4.38. The molecule has 0 unspecified atom stereocenters. The Morgan fingerprint density at radius 2 is 2.06 bits per heavy atom. The molecule has 0 atom stereocenters. The summed E-state index contributed by atoms with van der Waals surface area (Å²) in [5.74, 6) is 0.308. The van der Waals surface area contributed by atoms with E-state index in [4.69, 9.17) is 23.2 Å². The number of hydrogen-bond donors (Lipinski definition) is 1. The average molecular weight is 351 g/mol. The molecule has 0 aliphatic heterocycles. The summed E-state index contributed by atoms with van der Waals surface area (Å²) in [6.45, 7) is 0. The van der Waals surface area contributed by atoms with Gasteiger partial charge in [0.15, 0.2) is 0 Å². The van der Waals surface area contributed by atoms with Gasteiger partial charge in [0.1, 0.15) is 0 Å². The van der Waals surface area contributed by atoms with Gasteiger partial charge in [-0.3, -0.25) is 4.79 Å². The Labute approximate surface area is 125 Å². The van der Waals surface area contributed by atoms with Crippen molar-refractivity contribution >= 4 is 45.0 Å². The van der Waals surface area contributed by atoms with Crippen LogP contribution in [0.2, 0.25) is 5.02 Å². The maximum Gasteiger partial charge on any atom is 0.253 e. The molecule has 1 saturated carbocycles. The molecule has 1 aliphatic carbocycles. The normalized spacial score (nSPS) is 17.7. The molecule has 0 bridgehead atoms. The maximum absolute atomic E-state index is 12.2. The number of halogens is 3. The molecule has 0 aromatic heterocycles. The SMILES string of the molecule is O=C(NC1(CCl)CCCC1)c1ccc(Br)cc1Cl. The van der Waals surface area contributed by atoms with Crippen molar-refractivity contribution in [2.75, 3.05) is 5.88 Å². The topological polar surface area (TPSA) is 29.1 Å². The number of benzene rings is 1. The van der Waals surface area contributed by atoms with Gasteiger partial charge in [0.25, 0.3) is 5.91 Å². The van der Waals surface area contributed by atoms with Crippen LogP contribution in [0.3, 0.4) is 0 Å². The maximum atomic E-state index is 12.2. The number of hydrogen-bond acceptors (Lipinski definition) is 1. The Hall–Kier alpha value is -0.250. The Morgan fingerprint density at radius 3 is 2.61 bits per heavy atom. The molecule has 1 N–H and O–H groups in total. The highest BCUT2D eigenvalue weighted by Crippen LogP contribution is 2.31. The van der Waals surface area contributed by atoms with E-state index >= 15 is 0 Å². The molecular weight excluding hydrogens is 337 g/mol. The van der Waals surface area contributed by atoms with E-state index in [1.165, 1.54) is 0 Å². The van der Waals surface area contributed by atoms with Crippen LogP contribution in [0.5, 0.6) is 0 Å². The van der Waals surface area contributed by atoms with Crippen molar-refractivity contribution < 1.29 is 4.79 Å². The summed E-state index contributed by atoms with van der Waals surface area (Å²) in [7, 11) is 0. The third-order valence-electron chi connectivity index (χ3n) is 3.37. The van der Waals surface area contributed by atoms with Crippen LogP contribution in [0.4, 0.5) is 0 Å². The first kappa shape index (κ1) is 14.2. The summed E-state index contributed by atoms with van der Waals surface area (Å²) in [6, 6.07) is 5.25. The molecule has 1 aromatic carbocycles. The van der Waals surface area contributed by atoms with E-state index in [-0.39, 0.29) is 11.4 Å². The first-order chi connectivity index (χ1) is 8.56. The van der Waals surface area contributed by atoms with Crippen molar-refractivity contribution in [1.29, 1.82) is 0 Å². The monoisotopic (exact) mass is 349 g/mol. The lowest BCUT2D eigenvalue weighted by atomic mass is 9.99. The fourth-order valence-corrected chi connectivity index (χ4v) is 3.42. The van der Waals surface area contributed by atoms with Gasteiger partial charge in [-0.1, -0.05) is 40.4 Å². The first-order valence-corrected chi connectivity index (χ1v) is 7.60. The highest BCUT2D eigenvalue weighted by atomic mass is 79.9. The third-order valence-corrected chi connectivity index (χ3v) is 4.69. The predicted molar refractivity (Wildman–Crippen MR) is 78.5 cm³/mol. The Morgan fingerprint density at radius 1 is 1.39 bits per heavy atom. The van der Waals surface area contributed by atoms with Gasteiger partial charge in [-0.05, 0) is 31.0 Å². The van der Waals surface area contributed by atoms with Crippen LogP contribution in [-0.4, -0.2) is 17.3 Å². The highest BCUT2D eigenvalue weighted by Gasteiger charge is 2.34. The molecular formula is C13H14BrCl2NO. The van der Waals surface area contributed by atoms with Crippen LogP contribution in [0.15, 0.2) is 22.7 Å². The number of amides is 1. The lowest BCUT2D eigenvalue weighted by Gasteiger charge is -2.28. The van der Waals surface area contributed by atoms with Gasteiger partial charge in [-0.2, -0.15) is 0 Å². The zero-order valence-corrected chi connectivity index (χ0v) is 12.9. The van der Waals surface area contributed by atoms with Crippen LogP contribution in [0.1, 0.15) is 36.0 Å². The first-order valence-electron chi connectivity index (χ1n) is 5.90. The van der Waals surface area contributed by atoms with Gasteiger partial charge in [0.2, 0.25) is 0 Å². The van der Waals surface area contributed by atoms with E-state index in [9.17, 15) is 4.79 Å². The van der Waals surface area contributed by atoms with Crippen molar-refractivity contribution in [1.82, 2.24) is 5.32 Å². The molecule has 1 aliphatic rings. The molecule has 0 saturated heterocycles. The van der Waals surface area contributed by atoms with Crippen LogP contribution < -0.4 is 5.32 Å². The van der Waals surface area contributed by atoms with Gasteiger partial charge in [0, 0.05) is 10.4 Å². The number of carbonyl (C=O) groups excluding carboxylic acids is 1. The molecule has 98 valence electrons. The van der Waals surface area contributed by atoms with E-state index in [2.05, 4.69) is 21.2 Å². The van der Waals surface area contributed by atoms with Crippen molar-refractivity contribution in [3.63, 3.8) is 0 Å². The lowest BCUT2D eigenvalue weighted by Crippen LogP contribution is -2.47. The Balaban J connectivity index is 2.16. The minimum atomic E-state index is -0.255. The van der Waals surface area contributed by atoms with Crippen LogP contribution in [-0.2, 0) is 0 Å². The fourth-order valence-electron chi connectivity index (χ4n) is 2.33. The molecule has 0 radical (unpaired) electrons. The van der Waals surface area contributed by atoms with Crippen LogP contribution >= 0.6 is 39.1 Å². The zero-order chi connectivity index (χ0) is 13.2. The molecule has 1 amide bonds. The smallest absolute Gasteiger partial charge is 0.253 e. The quantitative estimate of drug-likeness (QED) is 0.805. The van der Waals surface area contributed by atoms with Gasteiger partial charge in [0.05, 0.1) is 16.1 Å². The second kappa shape index (κ2) is 5.81. The van der Waals surface area contributed by atoms with E-state index in [1.807, 2.05) is 6.07 Å². The minimum Gasteiger partial charge on any atom is -0.345 e. The summed E-state index contributed by atoms with van der Waals surface area (Å²) < 4.78 is 0.858. The largest absolute Gasteiger partial charge is 0.345 e. The summed E-state index contributed by atoms with van der Waals surface area (Å²) in [5, 5.41) is 3.50. The van der Waals surface area contributed by atoms with Gasteiger partial charge in [-0.25, -0.2) is 0 Å². The van der Waals surface area contributed by atoms with Gasteiger partial charge < -0.3 is 5.32 Å². The molecule has 5 heteroatoms. The number of carbonyl (C=O) groups is 1. The minimum absolute atomic E-state index is 0.143. The van der Waals surface area contributed by atoms with E-state index in [1.54, 1.807) is 12.1 Å². The third kappa shape index (κ3) is 3.01. The lowest BCUT2D eigenvalue weighted by molar-refractivity contribution is 0.0909. The molecule has 2 rings (SSSR count). The van der Waals surface area contributed by atoms with Crippen molar-refractivity contribution in [3.8, 4) is 0 Å². The van der Waals surface area contributed by atoms with Crippen molar-refractivity contribution in [3.05, 3.63) is 33.3 Å². The highest BCUT2D eigenvalue weighted by molar-refractivity contribution is 9.10. The van der Waals surface area contributed by atoms with Gasteiger partial charge in [-0.15, -0.1) is 11.6 Å². The number of alkyl halides is 1. The van der Waals surface area contributed by atoms with E-state index < -0.39 is 0 Å². The Kier molecular flexibility index (Phi) is 4.57. The van der Waals surface area contributed by atoms with Crippen molar-refractivity contribution in [2.24, 2.45) is 0 Å². The molecule has 0 heterocycles. The average Bonchev–Trinajstić information content (AvgIpc) is 2.78. The molecule has 1 fully saturated rings. The van der Waals surface area contributed by atoms with Crippen molar-refractivity contribution in [2.45, 2.75) is 31.2 Å². The summed E-state index contributed by atoms with van der Waals surface area (Å²) in [5.41, 5.74) is 0.242. The van der Waals surface area contributed by atoms with Crippen LogP contribution in [0, 0.1) is 0 Å². The second-order valence-electron chi connectivity index (χ2n) is 4.70. The summed E-state index contributed by atoms with van der Waals surface area (Å²) in [6.07, 6.45) is 4.11. The zero-order valence-electron chi connectivity index (χ0n) is 9.81. The van der Waals surface area contributed by atoms with Crippen LogP contribution in [0.25, 0.3) is 0 Å². The second-order valence-corrected chi connectivity index (χ2v) is 6.29. The molecule has 0 spiro atoms. The summed E-state index contributed by atoms with van der Waals surface area (Å²) in [4.78, 5) is 12.2. The van der Waals surface area contributed by atoms with E-state index in [0.717, 1.165) is 30.2 Å². The molecule has 2 nitrogen and oxygen atoms in total. The standard InChI is InChI=1S/C13H14BrCl2NO/c14-9-3-4-10(11(16)7-9)12(18)17-13(8-15)5-1-2-6-13/h3-4,7H,1-2,5-6,8H2,(H,17,18). The number of rotatable bonds is 3. The fraction of sp³-hybridized carbons (Fsp3) is 0.462. The van der Waals surface area contributed by atoms with E-state index in [0.29, 0.717) is 16.5 Å². The summed E-state index contributed by atoms with van der Waals surface area (Å²) >= 11 is 15.4.